The molecule has 1 fully saturated rings. The van der Waals surface area contributed by atoms with Crippen LogP contribution < -0.4 is 5.32 Å². The van der Waals surface area contributed by atoms with Crippen LogP contribution in [0.4, 0.5) is 14.5 Å². The van der Waals surface area contributed by atoms with E-state index < -0.39 is 11.6 Å². The number of carbonyl (C=O) groups excluding carboxylic acids is 1. The second kappa shape index (κ2) is 32.3. The van der Waals surface area contributed by atoms with Crippen molar-refractivity contribution in [2.45, 2.75) is 114 Å². The summed E-state index contributed by atoms with van der Waals surface area (Å²) >= 11 is 1.76. The van der Waals surface area contributed by atoms with Crippen LogP contribution in [0.1, 0.15) is 108 Å². The maximum atomic E-state index is 12.6. The summed E-state index contributed by atoms with van der Waals surface area (Å²) < 4.78 is 26.7. The van der Waals surface area contributed by atoms with Gasteiger partial charge in [0.15, 0.2) is 17.4 Å². The molecule has 0 aliphatic carbocycles. The SMILES string of the molecule is C=C/C=C(/C)NC(C)=Nc1ccc(SN2CCC(C(=O)C(/C=C\C)=C/C)CC2)cc1.CC.CC.CC.CCC.Cc1ccc(F)c(F)c1. The van der Waals surface area contributed by atoms with Gasteiger partial charge in [0.25, 0.3) is 0 Å². The summed E-state index contributed by atoms with van der Waals surface area (Å²) in [6.07, 6.45) is 12.5. The van der Waals surface area contributed by atoms with Gasteiger partial charge in [-0.1, -0.05) is 98.8 Å². The lowest BCUT2D eigenvalue weighted by molar-refractivity contribution is -0.119. The molecule has 1 aliphatic heterocycles. The van der Waals surface area contributed by atoms with Crippen molar-refractivity contribution in [3.05, 3.63) is 108 Å². The van der Waals surface area contributed by atoms with Crippen molar-refractivity contribution >= 4 is 29.3 Å². The van der Waals surface area contributed by atoms with Gasteiger partial charge in [-0.15, -0.1) is 0 Å². The van der Waals surface area contributed by atoms with Crippen LogP contribution in [0.5, 0.6) is 0 Å². The minimum Gasteiger partial charge on any atom is -0.348 e. The highest BCUT2D eigenvalue weighted by Crippen LogP contribution is 2.31. The van der Waals surface area contributed by atoms with Crippen LogP contribution in [0, 0.1) is 24.5 Å². The molecule has 2 aromatic carbocycles. The third-order valence-electron chi connectivity index (χ3n) is 5.96. The van der Waals surface area contributed by atoms with Gasteiger partial charge in [0.1, 0.15) is 5.84 Å². The molecule has 0 amide bonds. The van der Waals surface area contributed by atoms with E-state index in [-0.39, 0.29) is 11.7 Å². The fraction of sp³-hybridized carbons (Fsp3) is 0.463. The van der Waals surface area contributed by atoms with Crippen LogP contribution in [0.15, 0.2) is 101 Å². The van der Waals surface area contributed by atoms with Crippen LogP contribution >= 0.6 is 11.9 Å². The van der Waals surface area contributed by atoms with Crippen LogP contribution in [-0.2, 0) is 4.79 Å². The minimum atomic E-state index is -0.791. The van der Waals surface area contributed by atoms with Gasteiger partial charge in [0, 0.05) is 35.2 Å². The highest BCUT2D eigenvalue weighted by molar-refractivity contribution is 7.97. The van der Waals surface area contributed by atoms with E-state index in [2.05, 4.69) is 47.2 Å². The van der Waals surface area contributed by atoms with Gasteiger partial charge in [0.2, 0.25) is 0 Å². The van der Waals surface area contributed by atoms with E-state index in [4.69, 9.17) is 0 Å². The van der Waals surface area contributed by atoms with Gasteiger partial charge in [0.05, 0.1) is 5.69 Å². The second-order valence-corrected chi connectivity index (χ2v) is 11.1. The van der Waals surface area contributed by atoms with Crippen molar-refractivity contribution in [2.75, 3.05) is 13.1 Å². The molecule has 0 bridgehead atoms. The Labute approximate surface area is 297 Å². The zero-order valence-electron chi connectivity index (χ0n) is 32.2. The summed E-state index contributed by atoms with van der Waals surface area (Å²) in [6.45, 7) is 31.3. The molecule has 0 saturated carbocycles. The fourth-order valence-corrected chi connectivity index (χ4v) is 4.95. The molecule has 0 unspecified atom stereocenters. The molecule has 1 saturated heterocycles. The first-order valence-electron chi connectivity index (χ1n) is 17.5. The number of rotatable bonds is 8. The third-order valence-corrected chi connectivity index (χ3v) is 7.06. The molecule has 0 atom stereocenters. The standard InChI is InChI=1S/C25H33N3OS.C7H6F2.C3H8.3C2H6/c1-6-9-19(4)26-20(5)27-23-11-13-24(14-12-23)30-28-17-15-22(16-18-28)25(29)21(8-3)10-7-2;1-5-2-3-6(8)7(9)4-5;1-3-2;3*1-2/h6-14,22H,1,15-18H2,2-5H3,(H,26,27);2-4H,1H3;3H2,1-2H3;3*1-2H3/b10-7-,19-9-,21-8+;;;;;. The molecule has 2 aromatic rings. The number of carbonyl (C=O) groups is 1. The van der Waals surface area contributed by atoms with Crippen LogP contribution in [0.25, 0.3) is 0 Å². The highest BCUT2D eigenvalue weighted by atomic mass is 32.2. The van der Waals surface area contributed by atoms with E-state index in [1.807, 2.05) is 106 Å². The Morgan fingerprint density at radius 2 is 1.50 bits per heavy atom. The predicted octanol–water partition coefficient (Wildman–Crippen LogP) is 13.0. The number of aliphatic imine (C=N–C) groups is 1. The summed E-state index contributed by atoms with van der Waals surface area (Å²) in [4.78, 5) is 18.4. The molecule has 4 nitrogen and oxygen atoms in total. The molecule has 0 spiro atoms. The first-order chi connectivity index (χ1) is 23.1. The molecular formula is C41H65F2N3OS. The predicted molar refractivity (Wildman–Crippen MR) is 211 cm³/mol. The van der Waals surface area contributed by atoms with Gasteiger partial charge >= 0.3 is 0 Å². The average molecular weight is 686 g/mol. The highest BCUT2D eigenvalue weighted by Gasteiger charge is 2.26. The monoisotopic (exact) mass is 685 g/mol. The zero-order valence-corrected chi connectivity index (χ0v) is 33.0. The molecular weight excluding hydrogens is 621 g/mol. The quantitative estimate of drug-likeness (QED) is 0.0987. The van der Waals surface area contributed by atoms with Crippen molar-refractivity contribution in [1.29, 1.82) is 0 Å². The van der Waals surface area contributed by atoms with Crippen molar-refractivity contribution < 1.29 is 13.6 Å². The number of aryl methyl sites for hydroxylation is 1. The van der Waals surface area contributed by atoms with Gasteiger partial charge in [-0.25, -0.2) is 18.1 Å². The van der Waals surface area contributed by atoms with Crippen LogP contribution in [-0.4, -0.2) is 29.0 Å². The van der Waals surface area contributed by atoms with Crippen molar-refractivity contribution in [3.8, 4) is 0 Å². The molecule has 48 heavy (non-hydrogen) atoms. The van der Waals surface area contributed by atoms with Gasteiger partial charge in [-0.2, -0.15) is 0 Å². The maximum absolute atomic E-state index is 12.6. The summed E-state index contributed by atoms with van der Waals surface area (Å²) in [5.41, 5.74) is 3.49. The number of nitrogens with one attached hydrogen (secondary N) is 1. The number of allylic oxidation sites excluding steroid dienone is 7. The summed E-state index contributed by atoms with van der Waals surface area (Å²) in [5.74, 6) is -0.314. The van der Waals surface area contributed by atoms with E-state index in [1.54, 1.807) is 24.9 Å². The van der Waals surface area contributed by atoms with E-state index in [9.17, 15) is 13.6 Å². The lowest BCUT2D eigenvalue weighted by atomic mass is 9.89. The maximum Gasteiger partial charge on any atom is 0.165 e. The van der Waals surface area contributed by atoms with E-state index >= 15 is 0 Å². The third kappa shape index (κ3) is 22.3. The van der Waals surface area contributed by atoms with E-state index in [0.717, 1.165) is 66.4 Å². The van der Waals surface area contributed by atoms with Crippen LogP contribution in [0.2, 0.25) is 0 Å². The Bertz CT molecular complexity index is 1240. The number of ketones is 1. The number of benzene rings is 2. The van der Waals surface area contributed by atoms with Crippen LogP contribution in [0.3, 0.4) is 0 Å². The Hall–Kier alpha value is -3.29. The average Bonchev–Trinajstić information content (AvgIpc) is 3.10. The van der Waals surface area contributed by atoms with Crippen molar-refractivity contribution in [2.24, 2.45) is 10.9 Å². The first-order valence-corrected chi connectivity index (χ1v) is 18.2. The topological polar surface area (TPSA) is 44.7 Å². The number of halogens is 2. The number of piperidine rings is 1. The lowest BCUT2D eigenvalue weighted by Crippen LogP contribution is -2.32. The molecule has 270 valence electrons. The summed E-state index contributed by atoms with van der Waals surface area (Å²) in [5, 5.41) is 3.23. The molecule has 1 aliphatic rings. The van der Waals surface area contributed by atoms with E-state index in [1.165, 1.54) is 17.4 Å². The Kier molecular flexibility index (Phi) is 33.0. The molecule has 1 heterocycles. The number of Topliss-reactive ketones (excluding diaryl/α,β-unsaturated/α-hetero) is 1. The van der Waals surface area contributed by atoms with Gasteiger partial charge < -0.3 is 5.32 Å². The summed E-state index contributed by atoms with van der Waals surface area (Å²) in [7, 11) is 0. The number of amidine groups is 1. The van der Waals surface area contributed by atoms with Crippen molar-refractivity contribution in [3.63, 3.8) is 0 Å². The molecule has 0 radical (unpaired) electrons. The van der Waals surface area contributed by atoms with Crippen molar-refractivity contribution in [1.82, 2.24) is 9.62 Å². The van der Waals surface area contributed by atoms with Gasteiger partial charge in [-0.05, 0) is 107 Å². The molecule has 0 aromatic heterocycles. The minimum absolute atomic E-state index is 0.134. The zero-order chi connectivity index (χ0) is 37.5. The molecule has 1 N–H and O–H groups in total. The van der Waals surface area contributed by atoms with E-state index in [0.29, 0.717) is 0 Å². The van der Waals surface area contributed by atoms with Gasteiger partial charge in [-0.3, -0.25) is 4.79 Å². The Morgan fingerprint density at radius 3 is 1.94 bits per heavy atom. The second-order valence-electron chi connectivity index (χ2n) is 9.93. The number of hydrogen-bond donors (Lipinski definition) is 1. The number of hydrogen-bond acceptors (Lipinski definition) is 4. The lowest BCUT2D eigenvalue weighted by Gasteiger charge is -2.30. The normalized spacial score (nSPS) is 13.4. The summed E-state index contributed by atoms with van der Waals surface area (Å²) in [6, 6.07) is 12.1. The fourth-order valence-electron chi connectivity index (χ4n) is 4.00. The smallest absolute Gasteiger partial charge is 0.165 e. The molecule has 7 heteroatoms. The number of nitrogens with zero attached hydrogens (tertiary/aromatic N) is 2. The Balaban J connectivity index is -0.000000928. The largest absolute Gasteiger partial charge is 0.348 e. The molecule has 3 rings (SSSR count). The Morgan fingerprint density at radius 1 is 0.958 bits per heavy atom. The first kappa shape index (κ1) is 49.1.